The maximum atomic E-state index is 13.3. The van der Waals surface area contributed by atoms with Gasteiger partial charge in [0.25, 0.3) is 0 Å². The van der Waals surface area contributed by atoms with Crippen molar-refractivity contribution in [1.29, 1.82) is 0 Å². The molecule has 0 bridgehead atoms. The Bertz CT molecular complexity index is 923. The highest BCUT2D eigenvalue weighted by Gasteiger charge is 2.18. The van der Waals surface area contributed by atoms with E-state index in [9.17, 15) is 4.39 Å². The molecule has 1 aromatic carbocycles. The van der Waals surface area contributed by atoms with Gasteiger partial charge >= 0.3 is 0 Å². The fraction of sp³-hybridized carbons (Fsp3) is 0.474. The Kier molecular flexibility index (Phi) is 6.53. The van der Waals surface area contributed by atoms with Crippen LogP contribution in [-0.4, -0.2) is 62.7 Å². The van der Waals surface area contributed by atoms with Crippen LogP contribution < -0.4 is 0 Å². The van der Waals surface area contributed by atoms with Gasteiger partial charge in [-0.1, -0.05) is 23.8 Å². The second-order valence-electron chi connectivity index (χ2n) is 6.67. The third-order valence-corrected chi connectivity index (χ3v) is 5.67. The lowest BCUT2D eigenvalue weighted by Crippen LogP contribution is -2.38. The van der Waals surface area contributed by atoms with Crippen LogP contribution in [0.1, 0.15) is 18.6 Å². The van der Waals surface area contributed by atoms with Crippen LogP contribution >= 0.6 is 11.8 Å². The minimum Gasteiger partial charge on any atom is -0.379 e. The third-order valence-electron chi connectivity index (χ3n) is 4.71. The highest BCUT2D eigenvalue weighted by molar-refractivity contribution is 7.98. The number of hydrogen-bond acceptors (Lipinski definition) is 8. The van der Waals surface area contributed by atoms with Crippen LogP contribution in [0, 0.1) is 5.82 Å². The van der Waals surface area contributed by atoms with Gasteiger partial charge in [0.05, 0.1) is 19.0 Å². The van der Waals surface area contributed by atoms with Gasteiger partial charge in [-0.15, -0.1) is 10.2 Å². The lowest BCUT2D eigenvalue weighted by Gasteiger charge is -2.27. The van der Waals surface area contributed by atoms with Crippen molar-refractivity contribution < 1.29 is 13.7 Å². The zero-order chi connectivity index (χ0) is 20.1. The van der Waals surface area contributed by atoms with E-state index in [1.54, 1.807) is 12.1 Å². The average Bonchev–Trinajstić information content (AvgIpc) is 3.38. The number of hydrogen-bond donors (Lipinski definition) is 0. The molecular weight excluding hydrogens is 395 g/mol. The minimum atomic E-state index is -0.272. The van der Waals surface area contributed by atoms with E-state index < -0.39 is 0 Å². The monoisotopic (exact) mass is 418 g/mol. The molecule has 4 rings (SSSR count). The number of benzene rings is 1. The molecule has 0 amide bonds. The molecule has 0 spiro atoms. The zero-order valence-corrected chi connectivity index (χ0v) is 17.1. The standard InChI is InChI=1S/C19H23FN6O2S/c1-2-16-21-17(28-24-16)13-29-19-23-22-18(14-3-5-15(20)6-4-14)26(19)8-7-25-9-11-27-12-10-25/h3-6H,2,7-13H2,1H3. The number of morpholine rings is 1. The smallest absolute Gasteiger partial charge is 0.237 e. The van der Waals surface area contributed by atoms with Gasteiger partial charge in [-0.2, -0.15) is 4.98 Å². The Balaban J connectivity index is 1.53. The van der Waals surface area contributed by atoms with Crippen molar-refractivity contribution in [3.8, 4) is 11.4 Å². The van der Waals surface area contributed by atoms with Crippen molar-refractivity contribution in [3.63, 3.8) is 0 Å². The summed E-state index contributed by atoms with van der Waals surface area (Å²) in [5, 5.41) is 13.4. The third kappa shape index (κ3) is 5.01. The van der Waals surface area contributed by atoms with Gasteiger partial charge in [-0.05, 0) is 24.3 Å². The number of nitrogens with zero attached hydrogens (tertiary/aromatic N) is 6. The Hall–Kier alpha value is -2.30. The maximum Gasteiger partial charge on any atom is 0.237 e. The van der Waals surface area contributed by atoms with Gasteiger partial charge in [-0.3, -0.25) is 4.90 Å². The van der Waals surface area contributed by atoms with E-state index >= 15 is 0 Å². The van der Waals surface area contributed by atoms with Crippen molar-refractivity contribution >= 4 is 11.8 Å². The first-order valence-electron chi connectivity index (χ1n) is 9.66. The number of halogens is 1. The molecule has 3 aromatic rings. The van der Waals surface area contributed by atoms with Gasteiger partial charge in [0.15, 0.2) is 16.8 Å². The van der Waals surface area contributed by atoms with Gasteiger partial charge < -0.3 is 13.8 Å². The molecule has 1 aliphatic heterocycles. The molecule has 1 saturated heterocycles. The number of rotatable bonds is 8. The van der Waals surface area contributed by atoms with Gasteiger partial charge in [0.1, 0.15) is 5.82 Å². The molecule has 29 heavy (non-hydrogen) atoms. The van der Waals surface area contributed by atoms with E-state index in [0.717, 1.165) is 62.4 Å². The molecule has 0 N–H and O–H groups in total. The van der Waals surface area contributed by atoms with Crippen LogP contribution in [0.25, 0.3) is 11.4 Å². The summed E-state index contributed by atoms with van der Waals surface area (Å²) >= 11 is 1.51. The predicted octanol–water partition coefficient (Wildman–Crippen LogP) is 2.65. The van der Waals surface area contributed by atoms with Crippen LogP contribution in [0.3, 0.4) is 0 Å². The first kappa shape index (κ1) is 20.0. The molecule has 2 aromatic heterocycles. The molecule has 0 aliphatic carbocycles. The van der Waals surface area contributed by atoms with Crippen molar-refractivity contribution in [2.45, 2.75) is 30.8 Å². The Morgan fingerprint density at radius 2 is 1.90 bits per heavy atom. The lowest BCUT2D eigenvalue weighted by atomic mass is 10.2. The van der Waals surface area contributed by atoms with E-state index in [-0.39, 0.29) is 5.82 Å². The average molecular weight is 418 g/mol. The Morgan fingerprint density at radius 3 is 2.62 bits per heavy atom. The van der Waals surface area contributed by atoms with E-state index in [1.807, 2.05) is 6.92 Å². The number of aromatic nitrogens is 5. The summed E-state index contributed by atoms with van der Waals surface area (Å²) in [7, 11) is 0. The fourth-order valence-electron chi connectivity index (χ4n) is 3.09. The molecule has 1 fully saturated rings. The summed E-state index contributed by atoms with van der Waals surface area (Å²) in [6.07, 6.45) is 0.735. The molecule has 1 aliphatic rings. The molecule has 0 atom stereocenters. The number of aryl methyl sites for hydroxylation is 1. The van der Waals surface area contributed by atoms with E-state index in [2.05, 4.69) is 29.8 Å². The molecule has 154 valence electrons. The van der Waals surface area contributed by atoms with Crippen LogP contribution in [-0.2, 0) is 23.5 Å². The summed E-state index contributed by atoms with van der Waals surface area (Å²) in [6, 6.07) is 6.33. The topological polar surface area (TPSA) is 82.1 Å². The normalized spacial score (nSPS) is 15.1. The van der Waals surface area contributed by atoms with Gasteiger partial charge in [0, 0.05) is 38.2 Å². The van der Waals surface area contributed by atoms with Gasteiger partial charge in [-0.25, -0.2) is 4.39 Å². The molecular formula is C19H23FN6O2S. The Labute approximate surface area is 172 Å². The van der Waals surface area contributed by atoms with E-state index in [1.165, 1.54) is 23.9 Å². The summed E-state index contributed by atoms with van der Waals surface area (Å²) in [4.78, 5) is 6.71. The summed E-state index contributed by atoms with van der Waals surface area (Å²) in [6.45, 7) is 6.92. The molecule has 0 unspecified atom stereocenters. The Morgan fingerprint density at radius 1 is 1.10 bits per heavy atom. The highest BCUT2D eigenvalue weighted by atomic mass is 32.2. The minimum absolute atomic E-state index is 0.272. The summed E-state index contributed by atoms with van der Waals surface area (Å²) in [5.41, 5.74) is 0.832. The second kappa shape index (κ2) is 9.47. The molecule has 8 nitrogen and oxygen atoms in total. The van der Waals surface area contributed by atoms with Crippen LogP contribution in [0.15, 0.2) is 33.9 Å². The molecule has 10 heteroatoms. The van der Waals surface area contributed by atoms with Gasteiger partial charge in [0.2, 0.25) is 5.89 Å². The summed E-state index contributed by atoms with van der Waals surface area (Å²) in [5.74, 6) is 2.23. The second-order valence-corrected chi connectivity index (χ2v) is 7.61. The predicted molar refractivity (Wildman–Crippen MR) is 106 cm³/mol. The van der Waals surface area contributed by atoms with Crippen LogP contribution in [0.5, 0.6) is 0 Å². The zero-order valence-electron chi connectivity index (χ0n) is 16.3. The summed E-state index contributed by atoms with van der Waals surface area (Å²) < 4.78 is 26.1. The fourth-order valence-corrected chi connectivity index (χ4v) is 3.90. The van der Waals surface area contributed by atoms with Crippen molar-refractivity contribution in [3.05, 3.63) is 41.8 Å². The van der Waals surface area contributed by atoms with Crippen LogP contribution in [0.4, 0.5) is 4.39 Å². The quantitative estimate of drug-likeness (QED) is 0.517. The molecule has 0 saturated carbocycles. The SMILES string of the molecule is CCc1noc(CSc2nnc(-c3ccc(F)cc3)n2CCN2CCOCC2)n1. The molecule has 0 radical (unpaired) electrons. The number of ether oxygens (including phenoxy) is 1. The largest absolute Gasteiger partial charge is 0.379 e. The number of thioether (sulfide) groups is 1. The van der Waals surface area contributed by atoms with Crippen molar-refractivity contribution in [1.82, 2.24) is 29.8 Å². The van der Waals surface area contributed by atoms with Crippen molar-refractivity contribution in [2.24, 2.45) is 0 Å². The first-order chi connectivity index (χ1) is 14.2. The highest BCUT2D eigenvalue weighted by Crippen LogP contribution is 2.26. The lowest BCUT2D eigenvalue weighted by molar-refractivity contribution is 0.0361. The maximum absolute atomic E-state index is 13.3. The van der Waals surface area contributed by atoms with E-state index in [0.29, 0.717) is 17.5 Å². The van der Waals surface area contributed by atoms with E-state index in [4.69, 9.17) is 9.26 Å². The molecule has 3 heterocycles. The van der Waals surface area contributed by atoms with Crippen molar-refractivity contribution in [2.75, 3.05) is 32.8 Å². The van der Waals surface area contributed by atoms with Crippen LogP contribution in [0.2, 0.25) is 0 Å². The first-order valence-corrected chi connectivity index (χ1v) is 10.6.